The standard InChI is InChI=1S/C13H22N2O/c1-4-12(2)13(16)6-5-7-15-10-8-14(3)9-11-15/h12H,4,7-11H2,1-3H3. The first-order chi connectivity index (χ1) is 7.63. The van der Waals surface area contributed by atoms with E-state index in [4.69, 9.17) is 0 Å². The Kier molecular flexibility index (Phi) is 5.51. The number of Topliss-reactive ketones (excluding diaryl/α,β-unsaturated/α-hetero) is 1. The number of carbonyl (C=O) groups is 1. The fourth-order valence-electron chi connectivity index (χ4n) is 1.55. The van der Waals surface area contributed by atoms with Crippen molar-refractivity contribution < 1.29 is 4.79 Å². The second kappa shape index (κ2) is 6.67. The van der Waals surface area contributed by atoms with E-state index >= 15 is 0 Å². The van der Waals surface area contributed by atoms with E-state index in [-0.39, 0.29) is 11.7 Å². The van der Waals surface area contributed by atoms with Gasteiger partial charge in [0.15, 0.2) is 0 Å². The van der Waals surface area contributed by atoms with Crippen LogP contribution in [0.1, 0.15) is 20.3 Å². The maximum atomic E-state index is 11.5. The predicted molar refractivity (Wildman–Crippen MR) is 66.2 cm³/mol. The molecule has 0 aromatic carbocycles. The summed E-state index contributed by atoms with van der Waals surface area (Å²) in [6.45, 7) is 9.00. The topological polar surface area (TPSA) is 23.6 Å². The maximum Gasteiger partial charge on any atom is 0.208 e. The van der Waals surface area contributed by atoms with Gasteiger partial charge in [-0.25, -0.2) is 0 Å². The van der Waals surface area contributed by atoms with E-state index < -0.39 is 0 Å². The molecule has 1 fully saturated rings. The summed E-state index contributed by atoms with van der Waals surface area (Å²) in [7, 11) is 2.13. The molecule has 0 radical (unpaired) electrons. The van der Waals surface area contributed by atoms with Crippen LogP contribution in [0.3, 0.4) is 0 Å². The van der Waals surface area contributed by atoms with Crippen LogP contribution < -0.4 is 0 Å². The number of hydrogen-bond acceptors (Lipinski definition) is 3. The average Bonchev–Trinajstić information content (AvgIpc) is 2.30. The third-order valence-corrected chi connectivity index (χ3v) is 3.17. The maximum absolute atomic E-state index is 11.5. The van der Waals surface area contributed by atoms with Crippen LogP contribution in [0.15, 0.2) is 0 Å². The van der Waals surface area contributed by atoms with Gasteiger partial charge in [-0.1, -0.05) is 19.8 Å². The van der Waals surface area contributed by atoms with Gasteiger partial charge in [-0.15, -0.1) is 0 Å². The first-order valence-corrected chi connectivity index (χ1v) is 6.07. The van der Waals surface area contributed by atoms with Crippen LogP contribution in [0.25, 0.3) is 0 Å². The number of piperazine rings is 1. The van der Waals surface area contributed by atoms with Crippen LogP contribution in [0, 0.1) is 17.8 Å². The van der Waals surface area contributed by atoms with Crippen LogP contribution >= 0.6 is 0 Å². The second-order valence-corrected chi connectivity index (χ2v) is 4.55. The van der Waals surface area contributed by atoms with Crippen molar-refractivity contribution in [3.05, 3.63) is 0 Å². The van der Waals surface area contributed by atoms with Crippen molar-refractivity contribution in [2.45, 2.75) is 20.3 Å². The van der Waals surface area contributed by atoms with Crippen LogP contribution in [-0.2, 0) is 4.79 Å². The molecule has 0 aromatic heterocycles. The van der Waals surface area contributed by atoms with Gasteiger partial charge in [0.05, 0.1) is 6.54 Å². The van der Waals surface area contributed by atoms with Crippen molar-refractivity contribution in [1.82, 2.24) is 9.80 Å². The highest BCUT2D eigenvalue weighted by atomic mass is 16.1. The van der Waals surface area contributed by atoms with E-state index in [2.05, 4.69) is 28.7 Å². The lowest BCUT2D eigenvalue weighted by Gasteiger charge is -2.30. The molecule has 0 bridgehead atoms. The van der Waals surface area contributed by atoms with Gasteiger partial charge in [-0.05, 0) is 19.4 Å². The number of ketones is 1. The van der Waals surface area contributed by atoms with Gasteiger partial charge in [0, 0.05) is 32.1 Å². The number of likely N-dealkylation sites (N-methyl/N-ethyl adjacent to an activating group) is 1. The molecule has 3 nitrogen and oxygen atoms in total. The Bertz CT molecular complexity index is 282. The molecule has 1 saturated heterocycles. The van der Waals surface area contributed by atoms with Crippen LogP contribution in [0.2, 0.25) is 0 Å². The molecule has 1 heterocycles. The van der Waals surface area contributed by atoms with Crippen LogP contribution in [0.5, 0.6) is 0 Å². The molecule has 0 aromatic rings. The number of carbonyl (C=O) groups excluding carboxylic acids is 1. The monoisotopic (exact) mass is 222 g/mol. The van der Waals surface area contributed by atoms with E-state index in [9.17, 15) is 4.79 Å². The third-order valence-electron chi connectivity index (χ3n) is 3.17. The van der Waals surface area contributed by atoms with Gasteiger partial charge in [0.2, 0.25) is 5.78 Å². The number of nitrogens with zero attached hydrogens (tertiary/aromatic N) is 2. The summed E-state index contributed by atoms with van der Waals surface area (Å²) >= 11 is 0. The molecule has 90 valence electrons. The molecular formula is C13H22N2O. The highest BCUT2D eigenvalue weighted by Gasteiger charge is 2.12. The summed E-state index contributed by atoms with van der Waals surface area (Å²) in [4.78, 5) is 16.1. The third kappa shape index (κ3) is 4.34. The summed E-state index contributed by atoms with van der Waals surface area (Å²) in [5.74, 6) is 5.90. The lowest BCUT2D eigenvalue weighted by Crippen LogP contribution is -2.44. The fourth-order valence-corrected chi connectivity index (χ4v) is 1.55. The molecule has 1 atom stereocenters. The van der Waals surface area contributed by atoms with Gasteiger partial charge in [-0.2, -0.15) is 0 Å². The normalized spacial score (nSPS) is 19.9. The Morgan fingerprint density at radius 1 is 1.31 bits per heavy atom. The minimum atomic E-state index is 0.0802. The molecule has 1 rings (SSSR count). The number of hydrogen-bond donors (Lipinski definition) is 0. The molecule has 16 heavy (non-hydrogen) atoms. The van der Waals surface area contributed by atoms with E-state index in [0.29, 0.717) is 0 Å². The molecule has 0 amide bonds. The van der Waals surface area contributed by atoms with Crippen molar-refractivity contribution in [3.8, 4) is 11.8 Å². The Morgan fingerprint density at radius 2 is 1.94 bits per heavy atom. The second-order valence-electron chi connectivity index (χ2n) is 4.55. The molecule has 1 aliphatic heterocycles. The van der Waals surface area contributed by atoms with Crippen molar-refractivity contribution in [1.29, 1.82) is 0 Å². The van der Waals surface area contributed by atoms with E-state index in [1.165, 1.54) is 0 Å². The SMILES string of the molecule is CCC(C)C(=O)C#CCN1CCN(C)CC1. The summed E-state index contributed by atoms with van der Waals surface area (Å²) < 4.78 is 0. The van der Waals surface area contributed by atoms with Gasteiger partial charge in [-0.3, -0.25) is 9.69 Å². The smallest absolute Gasteiger partial charge is 0.208 e. The summed E-state index contributed by atoms with van der Waals surface area (Å²) in [5, 5.41) is 0. The van der Waals surface area contributed by atoms with E-state index in [1.54, 1.807) is 0 Å². The highest BCUT2D eigenvalue weighted by molar-refractivity contribution is 5.97. The van der Waals surface area contributed by atoms with Crippen molar-refractivity contribution >= 4 is 5.78 Å². The first-order valence-electron chi connectivity index (χ1n) is 6.07. The Hall–Kier alpha value is -0.850. The molecular weight excluding hydrogens is 200 g/mol. The summed E-state index contributed by atoms with van der Waals surface area (Å²) in [6, 6.07) is 0. The first kappa shape index (κ1) is 13.2. The van der Waals surface area contributed by atoms with E-state index in [0.717, 1.165) is 39.1 Å². The van der Waals surface area contributed by atoms with Crippen molar-refractivity contribution in [2.24, 2.45) is 5.92 Å². The predicted octanol–water partition coefficient (Wildman–Crippen LogP) is 0.852. The molecule has 0 aliphatic carbocycles. The Balaban J connectivity index is 2.29. The molecule has 0 N–H and O–H groups in total. The van der Waals surface area contributed by atoms with Crippen molar-refractivity contribution in [3.63, 3.8) is 0 Å². The zero-order valence-corrected chi connectivity index (χ0v) is 10.6. The molecule has 3 heteroatoms. The summed E-state index contributed by atoms with van der Waals surface area (Å²) in [5.41, 5.74) is 0. The van der Waals surface area contributed by atoms with E-state index in [1.807, 2.05) is 13.8 Å². The zero-order valence-electron chi connectivity index (χ0n) is 10.6. The fraction of sp³-hybridized carbons (Fsp3) is 0.769. The molecule has 1 unspecified atom stereocenters. The van der Waals surface area contributed by atoms with Gasteiger partial charge < -0.3 is 4.90 Å². The largest absolute Gasteiger partial charge is 0.304 e. The summed E-state index contributed by atoms with van der Waals surface area (Å²) in [6.07, 6.45) is 0.877. The van der Waals surface area contributed by atoms with Gasteiger partial charge in [0.1, 0.15) is 0 Å². The average molecular weight is 222 g/mol. The van der Waals surface area contributed by atoms with Crippen molar-refractivity contribution in [2.75, 3.05) is 39.8 Å². The molecule has 1 aliphatic rings. The highest BCUT2D eigenvalue weighted by Crippen LogP contribution is 2.01. The van der Waals surface area contributed by atoms with Gasteiger partial charge >= 0.3 is 0 Å². The van der Waals surface area contributed by atoms with Crippen LogP contribution in [0.4, 0.5) is 0 Å². The lowest BCUT2D eigenvalue weighted by atomic mass is 10.0. The Labute approximate surface area is 98.8 Å². The molecule has 0 spiro atoms. The number of rotatable bonds is 3. The minimum Gasteiger partial charge on any atom is -0.304 e. The van der Waals surface area contributed by atoms with Gasteiger partial charge in [0.25, 0.3) is 0 Å². The molecule has 0 saturated carbocycles. The Morgan fingerprint density at radius 3 is 2.50 bits per heavy atom. The minimum absolute atomic E-state index is 0.0802. The lowest BCUT2D eigenvalue weighted by molar-refractivity contribution is -0.116. The quantitative estimate of drug-likeness (QED) is 0.522. The zero-order chi connectivity index (χ0) is 12.0. The van der Waals surface area contributed by atoms with Crippen LogP contribution in [-0.4, -0.2) is 55.4 Å².